The molecule has 2 aliphatic rings. The number of hydrogen-bond acceptors (Lipinski definition) is 3. The zero-order chi connectivity index (χ0) is 8.67. The summed E-state index contributed by atoms with van der Waals surface area (Å²) in [5, 5.41) is 10.6. The van der Waals surface area contributed by atoms with E-state index in [2.05, 4.69) is 33.8 Å². The fourth-order valence-electron chi connectivity index (χ4n) is 1.55. The first-order valence-corrected chi connectivity index (χ1v) is 5.47. The second kappa shape index (κ2) is 2.77. The molecule has 0 amide bonds. The number of azo groups is 1. The van der Waals surface area contributed by atoms with E-state index in [1.54, 1.807) is 11.3 Å². The molecule has 0 unspecified atom stereocenters. The number of allylic oxidation sites excluding steroid dienone is 1. The second-order valence-corrected chi connectivity index (χ2v) is 4.52. The topological polar surface area (TPSA) is 24.7 Å². The summed E-state index contributed by atoms with van der Waals surface area (Å²) >= 11 is 1.76. The molecular formula is C10H10N2S. The molecule has 2 nitrogen and oxygen atoms in total. The van der Waals surface area contributed by atoms with Gasteiger partial charge in [0.2, 0.25) is 0 Å². The summed E-state index contributed by atoms with van der Waals surface area (Å²) in [6.45, 7) is 0. The van der Waals surface area contributed by atoms with Crippen molar-refractivity contribution in [3.05, 3.63) is 34.2 Å². The summed E-state index contributed by atoms with van der Waals surface area (Å²) in [6.07, 6.45) is 4.83. The van der Waals surface area contributed by atoms with Crippen molar-refractivity contribution in [3.63, 3.8) is 0 Å². The Kier molecular flexibility index (Phi) is 1.59. The molecule has 0 radical (unpaired) electrons. The fourth-order valence-corrected chi connectivity index (χ4v) is 2.28. The Bertz CT molecular complexity index is 360. The van der Waals surface area contributed by atoms with Gasteiger partial charge in [0, 0.05) is 10.8 Å². The average molecular weight is 190 g/mol. The van der Waals surface area contributed by atoms with Crippen LogP contribution >= 0.6 is 11.3 Å². The van der Waals surface area contributed by atoms with Crippen molar-refractivity contribution < 1.29 is 0 Å². The van der Waals surface area contributed by atoms with Gasteiger partial charge in [-0.15, -0.1) is 11.3 Å². The van der Waals surface area contributed by atoms with E-state index in [1.165, 1.54) is 23.4 Å². The summed E-state index contributed by atoms with van der Waals surface area (Å²) in [4.78, 5) is 1.31. The first-order chi connectivity index (χ1) is 6.43. The standard InChI is InChI=1S/C10H10N2S/c1-2-10(13-5-1)9-6-8(11-12-9)7-3-4-7/h1-2,5-7,9H,3-4H2/t9-/m1/s1. The van der Waals surface area contributed by atoms with Crippen LogP contribution in [0.25, 0.3) is 0 Å². The molecule has 1 fully saturated rings. The van der Waals surface area contributed by atoms with E-state index in [1.807, 2.05) is 0 Å². The van der Waals surface area contributed by atoms with Crippen molar-refractivity contribution in [2.45, 2.75) is 18.9 Å². The minimum Gasteiger partial charge on any atom is -0.176 e. The molecule has 1 aliphatic heterocycles. The summed E-state index contributed by atoms with van der Waals surface area (Å²) in [5.74, 6) is 0.730. The van der Waals surface area contributed by atoms with E-state index >= 15 is 0 Å². The first-order valence-electron chi connectivity index (χ1n) is 4.59. The minimum atomic E-state index is 0.218. The van der Waals surface area contributed by atoms with Crippen LogP contribution in [0.4, 0.5) is 0 Å². The van der Waals surface area contributed by atoms with Gasteiger partial charge in [-0.3, -0.25) is 0 Å². The maximum atomic E-state index is 4.26. The Morgan fingerprint density at radius 3 is 3.00 bits per heavy atom. The van der Waals surface area contributed by atoms with Crippen LogP contribution in [-0.4, -0.2) is 0 Å². The molecule has 0 spiro atoms. The van der Waals surface area contributed by atoms with Gasteiger partial charge in [-0.25, -0.2) is 0 Å². The molecule has 66 valence electrons. The predicted molar refractivity (Wildman–Crippen MR) is 52.7 cm³/mol. The van der Waals surface area contributed by atoms with Crippen LogP contribution in [0.1, 0.15) is 23.8 Å². The molecule has 1 aromatic rings. The molecule has 1 aliphatic carbocycles. The molecule has 1 atom stereocenters. The summed E-state index contributed by atoms with van der Waals surface area (Å²) in [6, 6.07) is 4.41. The highest BCUT2D eigenvalue weighted by molar-refractivity contribution is 7.10. The molecule has 1 aromatic heterocycles. The summed E-state index contributed by atoms with van der Waals surface area (Å²) in [7, 11) is 0. The van der Waals surface area contributed by atoms with E-state index in [-0.39, 0.29) is 6.04 Å². The highest BCUT2D eigenvalue weighted by atomic mass is 32.1. The molecule has 0 N–H and O–H groups in total. The van der Waals surface area contributed by atoms with Crippen LogP contribution in [-0.2, 0) is 0 Å². The lowest BCUT2D eigenvalue weighted by Crippen LogP contribution is -1.82. The average Bonchev–Trinajstić information content (AvgIpc) is 2.72. The third-order valence-electron chi connectivity index (χ3n) is 2.46. The number of thiophene rings is 1. The van der Waals surface area contributed by atoms with Crippen molar-refractivity contribution in [3.8, 4) is 0 Å². The van der Waals surface area contributed by atoms with Gasteiger partial charge in [0.1, 0.15) is 6.04 Å². The second-order valence-electron chi connectivity index (χ2n) is 3.54. The molecule has 3 heteroatoms. The first kappa shape index (κ1) is 7.44. The van der Waals surface area contributed by atoms with Gasteiger partial charge >= 0.3 is 0 Å². The van der Waals surface area contributed by atoms with Crippen molar-refractivity contribution >= 4 is 11.3 Å². The van der Waals surface area contributed by atoms with E-state index in [4.69, 9.17) is 0 Å². The molecule has 1 saturated carbocycles. The highest BCUT2D eigenvalue weighted by Gasteiger charge is 2.29. The zero-order valence-corrected chi connectivity index (χ0v) is 8.00. The zero-order valence-electron chi connectivity index (χ0n) is 7.18. The van der Waals surface area contributed by atoms with E-state index in [0.717, 1.165) is 5.92 Å². The van der Waals surface area contributed by atoms with Crippen LogP contribution in [0.3, 0.4) is 0 Å². The van der Waals surface area contributed by atoms with Gasteiger partial charge in [0.05, 0.1) is 5.70 Å². The molecule has 13 heavy (non-hydrogen) atoms. The quantitative estimate of drug-likeness (QED) is 0.681. The number of nitrogens with zero attached hydrogens (tertiary/aromatic N) is 2. The smallest absolute Gasteiger partial charge is 0.126 e. The SMILES string of the molecule is C1=C(C2CC2)N=N[C@H]1c1cccs1. The monoisotopic (exact) mass is 190 g/mol. The molecule has 0 saturated heterocycles. The van der Waals surface area contributed by atoms with Crippen LogP contribution in [0.15, 0.2) is 39.5 Å². The van der Waals surface area contributed by atoms with Gasteiger partial charge in [-0.2, -0.15) is 10.2 Å². The van der Waals surface area contributed by atoms with Crippen LogP contribution in [0, 0.1) is 5.92 Å². The van der Waals surface area contributed by atoms with Gasteiger partial charge in [0.15, 0.2) is 0 Å². The van der Waals surface area contributed by atoms with Crippen LogP contribution < -0.4 is 0 Å². The Morgan fingerprint density at radius 2 is 2.31 bits per heavy atom. The Balaban J connectivity index is 1.85. The summed E-state index contributed by atoms with van der Waals surface area (Å²) in [5.41, 5.74) is 1.22. The van der Waals surface area contributed by atoms with E-state index in [9.17, 15) is 0 Å². The fraction of sp³-hybridized carbons (Fsp3) is 0.400. The van der Waals surface area contributed by atoms with E-state index < -0.39 is 0 Å². The molecule has 3 rings (SSSR count). The van der Waals surface area contributed by atoms with Crippen molar-refractivity contribution in [2.24, 2.45) is 16.1 Å². The largest absolute Gasteiger partial charge is 0.176 e. The predicted octanol–water partition coefficient (Wildman–Crippen LogP) is 3.55. The van der Waals surface area contributed by atoms with Crippen molar-refractivity contribution in [1.82, 2.24) is 0 Å². The number of rotatable bonds is 2. The molecule has 0 aromatic carbocycles. The normalized spacial score (nSPS) is 26.5. The Labute approximate surface area is 81.0 Å². The highest BCUT2D eigenvalue weighted by Crippen LogP contribution is 2.42. The van der Waals surface area contributed by atoms with Crippen LogP contribution in [0.2, 0.25) is 0 Å². The van der Waals surface area contributed by atoms with Gasteiger partial charge in [0.25, 0.3) is 0 Å². The maximum absolute atomic E-state index is 4.26. The maximum Gasteiger partial charge on any atom is 0.126 e. The van der Waals surface area contributed by atoms with Crippen molar-refractivity contribution in [2.75, 3.05) is 0 Å². The lowest BCUT2D eigenvalue weighted by molar-refractivity contribution is 0.889. The summed E-state index contributed by atoms with van der Waals surface area (Å²) < 4.78 is 0. The molecule has 0 bridgehead atoms. The minimum absolute atomic E-state index is 0.218. The Hall–Kier alpha value is -0.960. The van der Waals surface area contributed by atoms with Crippen molar-refractivity contribution in [1.29, 1.82) is 0 Å². The lowest BCUT2D eigenvalue weighted by Gasteiger charge is -1.95. The lowest BCUT2D eigenvalue weighted by atomic mass is 10.2. The number of hydrogen-bond donors (Lipinski definition) is 0. The van der Waals surface area contributed by atoms with Gasteiger partial charge in [-0.1, -0.05) is 6.07 Å². The molecule has 2 heterocycles. The third kappa shape index (κ3) is 1.33. The molecular weight excluding hydrogens is 180 g/mol. The van der Waals surface area contributed by atoms with Gasteiger partial charge in [-0.05, 0) is 30.4 Å². The third-order valence-corrected chi connectivity index (χ3v) is 3.40. The Morgan fingerprint density at radius 1 is 1.38 bits per heavy atom. The van der Waals surface area contributed by atoms with E-state index in [0.29, 0.717) is 0 Å². The van der Waals surface area contributed by atoms with Crippen LogP contribution in [0.5, 0.6) is 0 Å². The van der Waals surface area contributed by atoms with Gasteiger partial charge < -0.3 is 0 Å².